The molecule has 6 nitrogen and oxygen atoms in total. The van der Waals surface area contributed by atoms with Gasteiger partial charge in [0.25, 0.3) is 0 Å². The molecule has 0 bridgehead atoms. The molecule has 0 fully saturated rings. The minimum atomic E-state index is -0.771. The molecule has 0 aromatic heterocycles. The summed E-state index contributed by atoms with van der Waals surface area (Å²) in [5, 5.41) is 0. The minimum Gasteiger partial charge on any atom is -0.462 e. The summed E-state index contributed by atoms with van der Waals surface area (Å²) in [6, 6.07) is 0. The average Bonchev–Trinajstić information content (AvgIpc) is 3.18. The number of unbranched alkanes of at least 4 members (excludes halogenated alkanes) is 28. The molecule has 0 saturated carbocycles. The van der Waals surface area contributed by atoms with Crippen LogP contribution in [0.25, 0.3) is 0 Å². The largest absolute Gasteiger partial charge is 0.462 e. The first-order valence-corrected chi connectivity index (χ1v) is 23.8. The smallest absolute Gasteiger partial charge is 0.306 e. The van der Waals surface area contributed by atoms with Crippen molar-refractivity contribution in [3.8, 4) is 0 Å². The van der Waals surface area contributed by atoms with Gasteiger partial charge in [0.2, 0.25) is 0 Å². The van der Waals surface area contributed by atoms with Crippen molar-refractivity contribution < 1.29 is 28.6 Å². The Bertz CT molecular complexity index is 896. The predicted molar refractivity (Wildman–Crippen MR) is 233 cm³/mol. The second kappa shape index (κ2) is 44.6. The van der Waals surface area contributed by atoms with Crippen LogP contribution >= 0.6 is 0 Å². The molecule has 0 aliphatic carbocycles. The molecule has 0 N–H and O–H groups in total. The van der Waals surface area contributed by atoms with Crippen LogP contribution in [0.1, 0.15) is 252 Å². The third-order valence-electron chi connectivity index (χ3n) is 10.4. The van der Waals surface area contributed by atoms with Gasteiger partial charge < -0.3 is 14.2 Å². The quantitative estimate of drug-likeness (QED) is 0.0266. The van der Waals surface area contributed by atoms with E-state index in [0.717, 1.165) is 70.6 Å². The number of ether oxygens (including phenoxy) is 3. The molecule has 0 aromatic rings. The van der Waals surface area contributed by atoms with E-state index in [2.05, 4.69) is 45.1 Å². The van der Waals surface area contributed by atoms with E-state index < -0.39 is 6.10 Å². The first-order valence-electron chi connectivity index (χ1n) is 23.8. The molecule has 0 heterocycles. The van der Waals surface area contributed by atoms with Gasteiger partial charge in [-0.2, -0.15) is 0 Å². The van der Waals surface area contributed by atoms with Crippen molar-refractivity contribution in [3.63, 3.8) is 0 Å². The van der Waals surface area contributed by atoms with Gasteiger partial charge in [0.15, 0.2) is 6.10 Å². The summed E-state index contributed by atoms with van der Waals surface area (Å²) in [6.45, 7) is 6.58. The second-order valence-corrected chi connectivity index (χ2v) is 16.0. The van der Waals surface area contributed by atoms with Crippen molar-refractivity contribution in [2.24, 2.45) is 0 Å². The van der Waals surface area contributed by atoms with E-state index in [4.69, 9.17) is 14.2 Å². The molecule has 322 valence electrons. The van der Waals surface area contributed by atoms with Crippen molar-refractivity contribution in [1.29, 1.82) is 0 Å². The number of carbonyl (C=O) groups excluding carboxylic acids is 3. The van der Waals surface area contributed by atoms with Gasteiger partial charge in [-0.05, 0) is 64.2 Å². The third-order valence-corrected chi connectivity index (χ3v) is 10.4. The van der Waals surface area contributed by atoms with E-state index in [1.807, 2.05) is 0 Å². The molecular weight excluding hydrogens is 685 g/mol. The van der Waals surface area contributed by atoms with Gasteiger partial charge in [-0.15, -0.1) is 0 Å². The first kappa shape index (κ1) is 52.9. The molecule has 0 radical (unpaired) electrons. The zero-order chi connectivity index (χ0) is 40.1. The SMILES string of the molecule is CCCC/C=C\CCCCCCCC(=O)OCC(COC(=O)CCCCCCC/C=C\CCCCCCC)OC(=O)CCCCCCCCCCCCCC. The lowest BCUT2D eigenvalue weighted by Crippen LogP contribution is -2.30. The van der Waals surface area contributed by atoms with E-state index in [1.165, 1.54) is 141 Å². The maximum atomic E-state index is 12.7. The predicted octanol–water partition coefficient (Wildman–Crippen LogP) is 15.2. The van der Waals surface area contributed by atoms with Crippen molar-refractivity contribution in [3.05, 3.63) is 24.3 Å². The van der Waals surface area contributed by atoms with Crippen LogP contribution in [-0.4, -0.2) is 37.2 Å². The van der Waals surface area contributed by atoms with Crippen molar-refractivity contribution >= 4 is 17.9 Å². The summed E-state index contributed by atoms with van der Waals surface area (Å²) in [6.07, 6.45) is 48.7. The Balaban J connectivity index is 4.36. The number of allylic oxidation sites excluding steroid dienone is 4. The van der Waals surface area contributed by atoms with Crippen molar-refractivity contribution in [2.75, 3.05) is 13.2 Å². The molecule has 0 spiro atoms. The number of hydrogen-bond donors (Lipinski definition) is 0. The summed E-state index contributed by atoms with van der Waals surface area (Å²) in [7, 11) is 0. The Kier molecular flexibility index (Phi) is 42.9. The van der Waals surface area contributed by atoms with E-state index in [1.54, 1.807) is 0 Å². The monoisotopic (exact) mass is 775 g/mol. The molecule has 6 heteroatoms. The standard InChI is InChI=1S/C49H90O6/c1-4-7-10-13-16-19-22-24-25-28-30-33-36-39-42-48(51)54-45-46(44-53-47(50)41-38-35-32-29-26-21-18-15-12-9-6-3)55-49(52)43-40-37-34-31-27-23-20-17-14-11-8-5-2/h15,18,22,24,46H,4-14,16-17,19-21,23,25-45H2,1-3H3/b18-15-,24-22-. The summed E-state index contributed by atoms with van der Waals surface area (Å²) in [5.41, 5.74) is 0. The Morgan fingerprint density at radius 2 is 0.618 bits per heavy atom. The number of rotatable bonds is 43. The lowest BCUT2D eigenvalue weighted by Gasteiger charge is -2.18. The Morgan fingerprint density at radius 1 is 0.345 bits per heavy atom. The van der Waals surface area contributed by atoms with Crippen LogP contribution in [0.5, 0.6) is 0 Å². The molecule has 1 atom stereocenters. The fourth-order valence-electron chi connectivity index (χ4n) is 6.77. The fraction of sp³-hybridized carbons (Fsp3) is 0.857. The van der Waals surface area contributed by atoms with E-state index >= 15 is 0 Å². The summed E-state index contributed by atoms with van der Waals surface area (Å²) >= 11 is 0. The Morgan fingerprint density at radius 3 is 0.964 bits per heavy atom. The van der Waals surface area contributed by atoms with Crippen molar-refractivity contribution in [1.82, 2.24) is 0 Å². The van der Waals surface area contributed by atoms with Crippen LogP contribution in [0.2, 0.25) is 0 Å². The first-order chi connectivity index (χ1) is 27.0. The zero-order valence-electron chi connectivity index (χ0n) is 36.7. The highest BCUT2D eigenvalue weighted by molar-refractivity contribution is 5.71. The van der Waals surface area contributed by atoms with Crippen molar-refractivity contribution in [2.45, 2.75) is 258 Å². The molecular formula is C49H90O6. The molecule has 0 aliphatic rings. The summed E-state index contributed by atoms with van der Waals surface area (Å²) in [5.74, 6) is -0.886. The molecule has 1 unspecified atom stereocenters. The summed E-state index contributed by atoms with van der Waals surface area (Å²) < 4.78 is 16.7. The van der Waals surface area contributed by atoms with Crippen LogP contribution in [-0.2, 0) is 28.6 Å². The number of esters is 3. The van der Waals surface area contributed by atoms with Gasteiger partial charge in [0.05, 0.1) is 0 Å². The van der Waals surface area contributed by atoms with Gasteiger partial charge in [-0.25, -0.2) is 0 Å². The van der Waals surface area contributed by atoms with E-state index in [9.17, 15) is 14.4 Å². The normalized spacial score (nSPS) is 12.1. The fourth-order valence-corrected chi connectivity index (χ4v) is 6.77. The van der Waals surface area contributed by atoms with Gasteiger partial charge >= 0.3 is 17.9 Å². The van der Waals surface area contributed by atoms with Crippen LogP contribution in [0.4, 0.5) is 0 Å². The Hall–Kier alpha value is -2.11. The Labute approximate surface area is 341 Å². The lowest BCUT2D eigenvalue weighted by molar-refractivity contribution is -0.167. The average molecular weight is 775 g/mol. The lowest BCUT2D eigenvalue weighted by atomic mass is 10.0. The topological polar surface area (TPSA) is 78.9 Å². The highest BCUT2D eigenvalue weighted by atomic mass is 16.6. The van der Waals surface area contributed by atoms with Crippen LogP contribution in [0, 0.1) is 0 Å². The van der Waals surface area contributed by atoms with Crippen LogP contribution in [0.3, 0.4) is 0 Å². The molecule has 0 saturated heterocycles. The molecule has 55 heavy (non-hydrogen) atoms. The van der Waals surface area contributed by atoms with Gasteiger partial charge in [0, 0.05) is 19.3 Å². The van der Waals surface area contributed by atoms with Crippen LogP contribution in [0.15, 0.2) is 24.3 Å². The molecule has 0 rings (SSSR count). The van der Waals surface area contributed by atoms with E-state index in [-0.39, 0.29) is 31.1 Å². The molecule has 0 amide bonds. The highest BCUT2D eigenvalue weighted by Gasteiger charge is 2.19. The minimum absolute atomic E-state index is 0.0753. The van der Waals surface area contributed by atoms with E-state index in [0.29, 0.717) is 19.3 Å². The maximum Gasteiger partial charge on any atom is 0.306 e. The molecule has 0 aliphatic heterocycles. The number of hydrogen-bond acceptors (Lipinski definition) is 6. The van der Waals surface area contributed by atoms with Gasteiger partial charge in [0.1, 0.15) is 13.2 Å². The second-order valence-electron chi connectivity index (χ2n) is 16.0. The maximum absolute atomic E-state index is 12.7. The highest BCUT2D eigenvalue weighted by Crippen LogP contribution is 2.15. The van der Waals surface area contributed by atoms with Gasteiger partial charge in [-0.3, -0.25) is 14.4 Å². The van der Waals surface area contributed by atoms with Gasteiger partial charge in [-0.1, -0.05) is 193 Å². The van der Waals surface area contributed by atoms with Crippen LogP contribution < -0.4 is 0 Å². The summed E-state index contributed by atoms with van der Waals surface area (Å²) in [4.78, 5) is 37.8. The molecule has 0 aromatic carbocycles. The number of carbonyl (C=O) groups is 3. The zero-order valence-corrected chi connectivity index (χ0v) is 36.7. The third kappa shape index (κ3) is 42.9.